The number of ketones is 1. The minimum Gasteiger partial charge on any atom is -0.297 e. The van der Waals surface area contributed by atoms with E-state index in [0.29, 0.717) is 11.7 Å². The number of benzene rings is 3. The number of carbonyl (C=O) groups is 1. The van der Waals surface area contributed by atoms with Gasteiger partial charge in [0.1, 0.15) is 0 Å². The summed E-state index contributed by atoms with van der Waals surface area (Å²) in [5.41, 5.74) is 2.62. The van der Waals surface area contributed by atoms with E-state index in [9.17, 15) is 4.79 Å². The molecule has 0 aliphatic heterocycles. The lowest BCUT2D eigenvalue weighted by Crippen LogP contribution is -2.55. The molecule has 0 spiro atoms. The SMILES string of the molecule is CC1(C)[C@H]2CC[C@@]1(C)C(=O)[C@@H]2NC(c1ccccc1)(c1ccccc1)c1ccccc1. The quantitative estimate of drug-likeness (QED) is 0.527. The summed E-state index contributed by atoms with van der Waals surface area (Å²) < 4.78 is 0. The molecule has 31 heavy (non-hydrogen) atoms. The second kappa shape index (κ2) is 7.17. The van der Waals surface area contributed by atoms with Crippen LogP contribution in [0.1, 0.15) is 50.3 Å². The highest BCUT2D eigenvalue weighted by molar-refractivity contribution is 5.94. The molecule has 0 radical (unpaired) electrons. The van der Waals surface area contributed by atoms with Crippen LogP contribution in [0.5, 0.6) is 0 Å². The Hall–Kier alpha value is -2.71. The Kier molecular flexibility index (Phi) is 4.67. The average Bonchev–Trinajstić information content (AvgIpc) is 3.12. The Morgan fingerprint density at radius 1 is 0.742 bits per heavy atom. The van der Waals surface area contributed by atoms with Crippen LogP contribution in [0.2, 0.25) is 0 Å². The van der Waals surface area contributed by atoms with E-state index in [1.54, 1.807) is 0 Å². The van der Waals surface area contributed by atoms with Crippen molar-refractivity contribution in [1.82, 2.24) is 5.32 Å². The van der Waals surface area contributed by atoms with Crippen molar-refractivity contribution >= 4 is 5.78 Å². The molecule has 0 unspecified atom stereocenters. The first-order chi connectivity index (χ1) is 14.9. The van der Waals surface area contributed by atoms with Crippen molar-refractivity contribution in [3.8, 4) is 0 Å². The van der Waals surface area contributed by atoms with Gasteiger partial charge in [-0.3, -0.25) is 10.1 Å². The molecule has 2 bridgehead atoms. The fourth-order valence-electron chi connectivity index (χ4n) is 6.30. The lowest BCUT2D eigenvalue weighted by molar-refractivity contribution is -0.130. The molecule has 5 rings (SSSR count). The zero-order valence-electron chi connectivity index (χ0n) is 18.6. The zero-order chi connectivity index (χ0) is 21.7. The normalized spacial score (nSPS) is 26.9. The van der Waals surface area contributed by atoms with E-state index >= 15 is 0 Å². The molecule has 0 aromatic heterocycles. The van der Waals surface area contributed by atoms with E-state index in [1.807, 2.05) is 0 Å². The van der Waals surface area contributed by atoms with Crippen molar-refractivity contribution in [3.05, 3.63) is 108 Å². The van der Waals surface area contributed by atoms with Gasteiger partial charge < -0.3 is 0 Å². The summed E-state index contributed by atoms with van der Waals surface area (Å²) >= 11 is 0. The van der Waals surface area contributed by atoms with Gasteiger partial charge in [-0.1, -0.05) is 112 Å². The van der Waals surface area contributed by atoms with Crippen molar-refractivity contribution in [2.75, 3.05) is 0 Å². The van der Waals surface area contributed by atoms with Crippen LogP contribution < -0.4 is 5.32 Å². The molecule has 0 saturated heterocycles. The summed E-state index contributed by atoms with van der Waals surface area (Å²) in [5, 5.41) is 3.99. The van der Waals surface area contributed by atoms with E-state index in [0.717, 1.165) is 29.5 Å². The Morgan fingerprint density at radius 3 is 1.52 bits per heavy atom. The third-order valence-corrected chi connectivity index (χ3v) is 8.53. The van der Waals surface area contributed by atoms with E-state index in [2.05, 4.69) is 117 Å². The van der Waals surface area contributed by atoms with Crippen LogP contribution in [0.3, 0.4) is 0 Å². The van der Waals surface area contributed by atoms with Gasteiger partial charge in [-0.15, -0.1) is 0 Å². The van der Waals surface area contributed by atoms with Crippen LogP contribution in [0.4, 0.5) is 0 Å². The number of Topliss-reactive ketones (excluding diaryl/α,β-unsaturated/α-hetero) is 1. The second-order valence-electron chi connectivity index (χ2n) is 10.0. The topological polar surface area (TPSA) is 29.1 Å². The van der Waals surface area contributed by atoms with Crippen LogP contribution in [0, 0.1) is 16.7 Å². The van der Waals surface area contributed by atoms with E-state index in [4.69, 9.17) is 0 Å². The Bertz CT molecular complexity index is 977. The van der Waals surface area contributed by atoms with Gasteiger partial charge in [0, 0.05) is 5.41 Å². The first-order valence-corrected chi connectivity index (χ1v) is 11.4. The van der Waals surface area contributed by atoms with E-state index < -0.39 is 5.54 Å². The number of hydrogen-bond donors (Lipinski definition) is 1. The largest absolute Gasteiger partial charge is 0.297 e. The minimum absolute atomic E-state index is 0.00243. The highest BCUT2D eigenvalue weighted by Gasteiger charge is 2.67. The van der Waals surface area contributed by atoms with Gasteiger partial charge in [-0.2, -0.15) is 0 Å². The number of nitrogens with one attached hydrogen (secondary N) is 1. The van der Waals surface area contributed by atoms with E-state index in [-0.39, 0.29) is 16.9 Å². The molecular weight excluding hydrogens is 378 g/mol. The molecule has 2 aliphatic carbocycles. The molecule has 1 N–H and O–H groups in total. The van der Waals surface area contributed by atoms with Gasteiger partial charge in [0.2, 0.25) is 0 Å². The number of carbonyl (C=O) groups excluding carboxylic acids is 1. The molecule has 2 saturated carbocycles. The van der Waals surface area contributed by atoms with Crippen LogP contribution >= 0.6 is 0 Å². The molecule has 3 aromatic rings. The van der Waals surface area contributed by atoms with Crippen LogP contribution in [0.15, 0.2) is 91.0 Å². The van der Waals surface area contributed by atoms with Crippen molar-refractivity contribution in [1.29, 1.82) is 0 Å². The Balaban J connectivity index is 1.73. The van der Waals surface area contributed by atoms with Crippen LogP contribution in [-0.2, 0) is 10.3 Å². The predicted octanol–water partition coefficient (Wildman–Crippen LogP) is 5.96. The Labute approximate surface area is 185 Å². The standard InChI is InChI=1S/C29H31NO/c1-27(2)24-19-20-28(27,3)26(31)25(24)30-29(21-13-7-4-8-14-21,22-15-9-5-10-16-22)23-17-11-6-12-18-23/h4-18,24-25,30H,19-20H2,1-3H3/t24-,25+,28-/m0/s1. The fourth-order valence-corrected chi connectivity index (χ4v) is 6.30. The third kappa shape index (κ3) is 2.78. The monoisotopic (exact) mass is 409 g/mol. The molecule has 0 heterocycles. The number of rotatable bonds is 5. The third-order valence-electron chi connectivity index (χ3n) is 8.53. The summed E-state index contributed by atoms with van der Waals surface area (Å²) in [6.07, 6.45) is 2.10. The van der Waals surface area contributed by atoms with Gasteiger partial charge in [0.05, 0.1) is 11.6 Å². The average molecular weight is 410 g/mol. The summed E-state index contributed by atoms with van der Waals surface area (Å²) in [4.78, 5) is 13.8. The molecular formula is C29H31NO. The van der Waals surface area contributed by atoms with Gasteiger partial charge in [-0.25, -0.2) is 0 Å². The summed E-state index contributed by atoms with van der Waals surface area (Å²) in [5.74, 6) is 0.710. The lowest BCUT2D eigenvalue weighted by atomic mass is 9.70. The minimum atomic E-state index is -0.596. The highest BCUT2D eigenvalue weighted by Crippen LogP contribution is 2.64. The molecule has 3 atom stereocenters. The predicted molar refractivity (Wildman–Crippen MR) is 126 cm³/mol. The first-order valence-electron chi connectivity index (χ1n) is 11.4. The maximum atomic E-state index is 13.8. The Morgan fingerprint density at radius 2 is 1.16 bits per heavy atom. The number of fused-ring (bicyclic) bond motifs is 2. The van der Waals surface area contributed by atoms with Crippen molar-refractivity contribution in [2.24, 2.45) is 16.7 Å². The smallest absolute Gasteiger partial charge is 0.156 e. The van der Waals surface area contributed by atoms with Gasteiger partial charge in [-0.05, 0) is 40.9 Å². The van der Waals surface area contributed by atoms with Crippen molar-refractivity contribution < 1.29 is 4.79 Å². The van der Waals surface area contributed by atoms with Gasteiger partial charge >= 0.3 is 0 Å². The molecule has 158 valence electrons. The summed E-state index contributed by atoms with van der Waals surface area (Å²) in [7, 11) is 0. The van der Waals surface area contributed by atoms with Gasteiger partial charge in [0.25, 0.3) is 0 Å². The van der Waals surface area contributed by atoms with Crippen molar-refractivity contribution in [3.63, 3.8) is 0 Å². The lowest BCUT2D eigenvalue weighted by Gasteiger charge is -2.41. The van der Waals surface area contributed by atoms with Crippen LogP contribution in [-0.4, -0.2) is 11.8 Å². The van der Waals surface area contributed by atoms with Crippen molar-refractivity contribution in [2.45, 2.75) is 45.2 Å². The van der Waals surface area contributed by atoms with Gasteiger partial charge in [0.15, 0.2) is 5.78 Å². The van der Waals surface area contributed by atoms with E-state index in [1.165, 1.54) is 0 Å². The molecule has 2 heteroatoms. The molecule has 0 amide bonds. The summed E-state index contributed by atoms with van der Waals surface area (Å²) in [6.45, 7) is 6.77. The first kappa shape index (κ1) is 20.2. The maximum absolute atomic E-state index is 13.8. The molecule has 3 aromatic carbocycles. The molecule has 2 fully saturated rings. The molecule has 2 nitrogen and oxygen atoms in total. The highest BCUT2D eigenvalue weighted by atomic mass is 16.1. The maximum Gasteiger partial charge on any atom is 0.156 e. The summed E-state index contributed by atoms with van der Waals surface area (Å²) in [6, 6.07) is 31.6. The second-order valence-corrected chi connectivity index (χ2v) is 10.0. The zero-order valence-corrected chi connectivity index (χ0v) is 18.6. The van der Waals surface area contributed by atoms with Crippen LogP contribution in [0.25, 0.3) is 0 Å². The number of hydrogen-bond acceptors (Lipinski definition) is 2. The fraction of sp³-hybridized carbons (Fsp3) is 0.345. The molecule has 2 aliphatic rings.